The normalized spacial score (nSPS) is 23.3. The third-order valence-corrected chi connectivity index (χ3v) is 6.18. The molecular formula is C25H24O4. The fourth-order valence-electron chi connectivity index (χ4n) is 4.86. The molecule has 148 valence electrons. The molecule has 4 nitrogen and oxygen atoms in total. The Morgan fingerprint density at radius 2 is 1.59 bits per heavy atom. The van der Waals surface area contributed by atoms with Crippen LogP contribution in [0.15, 0.2) is 72.8 Å². The zero-order valence-electron chi connectivity index (χ0n) is 16.3. The zero-order chi connectivity index (χ0) is 20.4. The van der Waals surface area contributed by atoms with Gasteiger partial charge in [0.25, 0.3) is 0 Å². The highest BCUT2D eigenvalue weighted by Crippen LogP contribution is 2.55. The van der Waals surface area contributed by atoms with Gasteiger partial charge in [0.2, 0.25) is 0 Å². The Morgan fingerprint density at radius 1 is 0.897 bits per heavy atom. The van der Waals surface area contributed by atoms with E-state index in [2.05, 4.69) is 0 Å². The number of esters is 1. The molecule has 1 aliphatic rings. The van der Waals surface area contributed by atoms with Crippen LogP contribution in [0.3, 0.4) is 0 Å². The maximum Gasteiger partial charge on any atom is 0.311 e. The first-order chi connectivity index (χ1) is 14.1. The largest absolute Gasteiger partial charge is 0.481 e. The molecule has 0 aliphatic heterocycles. The summed E-state index contributed by atoms with van der Waals surface area (Å²) in [4.78, 5) is 24.7. The summed E-state index contributed by atoms with van der Waals surface area (Å²) in [5, 5.41) is 11.7. The van der Waals surface area contributed by atoms with Gasteiger partial charge in [-0.15, -0.1) is 0 Å². The van der Waals surface area contributed by atoms with Crippen LogP contribution in [0, 0.1) is 17.8 Å². The lowest BCUT2D eigenvalue weighted by atomic mass is 9.52. The van der Waals surface area contributed by atoms with Crippen LogP contribution in [0.2, 0.25) is 0 Å². The Bertz CT molecular complexity index is 1020. The Hall–Kier alpha value is -3.14. The van der Waals surface area contributed by atoms with Gasteiger partial charge in [-0.3, -0.25) is 9.59 Å². The Kier molecular flexibility index (Phi) is 5.34. The minimum Gasteiger partial charge on any atom is -0.481 e. The summed E-state index contributed by atoms with van der Waals surface area (Å²) in [6, 6.07) is 23.1. The highest BCUT2D eigenvalue weighted by atomic mass is 16.5. The smallest absolute Gasteiger partial charge is 0.311 e. The molecule has 4 unspecified atom stereocenters. The van der Waals surface area contributed by atoms with Crippen molar-refractivity contribution in [2.24, 2.45) is 17.8 Å². The SMILES string of the molecule is CCC1C(CC(=O)Oc2cccc3ccccc23)C(c2ccccc2)C1C(=O)O. The summed E-state index contributed by atoms with van der Waals surface area (Å²) in [7, 11) is 0. The van der Waals surface area contributed by atoms with Crippen LogP contribution >= 0.6 is 0 Å². The van der Waals surface area contributed by atoms with E-state index in [9.17, 15) is 14.7 Å². The molecule has 29 heavy (non-hydrogen) atoms. The monoisotopic (exact) mass is 388 g/mol. The fourth-order valence-corrected chi connectivity index (χ4v) is 4.86. The molecule has 0 heterocycles. The standard InChI is InChI=1S/C25H24O4/c1-2-18-20(23(24(18)25(27)28)17-10-4-3-5-11-17)15-22(26)29-21-14-8-12-16-9-6-7-13-19(16)21/h3-14,18,20,23-24H,2,15H2,1H3,(H,27,28). The third-order valence-electron chi connectivity index (χ3n) is 6.18. The Morgan fingerprint density at radius 3 is 2.31 bits per heavy atom. The molecule has 1 fully saturated rings. The average molecular weight is 388 g/mol. The van der Waals surface area contributed by atoms with Crippen molar-refractivity contribution in [3.63, 3.8) is 0 Å². The topological polar surface area (TPSA) is 63.6 Å². The first-order valence-corrected chi connectivity index (χ1v) is 10.1. The number of hydrogen-bond donors (Lipinski definition) is 1. The van der Waals surface area contributed by atoms with Crippen molar-refractivity contribution in [1.82, 2.24) is 0 Å². The molecule has 0 radical (unpaired) electrons. The number of carbonyl (C=O) groups excluding carboxylic acids is 1. The van der Waals surface area contributed by atoms with Crippen LogP contribution in [0.25, 0.3) is 10.8 Å². The molecule has 0 aromatic heterocycles. The molecule has 0 bridgehead atoms. The van der Waals surface area contributed by atoms with E-state index in [4.69, 9.17) is 4.74 Å². The van der Waals surface area contributed by atoms with E-state index in [0.29, 0.717) is 5.75 Å². The molecule has 0 saturated heterocycles. The molecular weight excluding hydrogens is 364 g/mol. The van der Waals surface area contributed by atoms with Crippen LogP contribution in [0.4, 0.5) is 0 Å². The summed E-state index contributed by atoms with van der Waals surface area (Å²) < 4.78 is 5.72. The van der Waals surface area contributed by atoms with Crippen LogP contribution in [0.1, 0.15) is 31.2 Å². The Labute approximate surface area is 170 Å². The summed E-state index contributed by atoms with van der Waals surface area (Å²) >= 11 is 0. The number of carbonyl (C=O) groups is 2. The number of aliphatic carboxylic acids is 1. The maximum absolute atomic E-state index is 12.8. The molecule has 0 spiro atoms. The van der Waals surface area contributed by atoms with E-state index in [1.165, 1.54) is 0 Å². The molecule has 1 aliphatic carbocycles. The first-order valence-electron chi connectivity index (χ1n) is 10.1. The number of carboxylic acid groups (broad SMARTS) is 1. The minimum atomic E-state index is -0.788. The minimum absolute atomic E-state index is 0.0298. The second kappa shape index (κ2) is 8.08. The van der Waals surface area contributed by atoms with Gasteiger partial charge in [-0.1, -0.05) is 80.1 Å². The van der Waals surface area contributed by atoms with Gasteiger partial charge < -0.3 is 9.84 Å². The first kappa shape index (κ1) is 19.2. The molecule has 0 amide bonds. The molecule has 4 rings (SSSR count). The highest BCUT2D eigenvalue weighted by Gasteiger charge is 2.54. The van der Waals surface area contributed by atoms with Crippen molar-refractivity contribution in [3.05, 3.63) is 78.4 Å². The lowest BCUT2D eigenvalue weighted by molar-refractivity contribution is -0.157. The summed E-state index contributed by atoms with van der Waals surface area (Å²) in [5.41, 5.74) is 0.979. The van der Waals surface area contributed by atoms with Crippen molar-refractivity contribution < 1.29 is 19.4 Å². The molecule has 4 heteroatoms. The van der Waals surface area contributed by atoms with E-state index >= 15 is 0 Å². The van der Waals surface area contributed by atoms with Gasteiger partial charge in [-0.25, -0.2) is 0 Å². The van der Waals surface area contributed by atoms with Gasteiger partial charge >= 0.3 is 11.9 Å². The number of carboxylic acids is 1. The number of hydrogen-bond acceptors (Lipinski definition) is 3. The van der Waals surface area contributed by atoms with Crippen LogP contribution in [-0.4, -0.2) is 17.0 Å². The Balaban J connectivity index is 1.56. The van der Waals surface area contributed by atoms with Crippen molar-refractivity contribution in [1.29, 1.82) is 0 Å². The van der Waals surface area contributed by atoms with E-state index in [1.807, 2.05) is 73.7 Å². The van der Waals surface area contributed by atoms with E-state index < -0.39 is 11.9 Å². The van der Waals surface area contributed by atoms with Crippen molar-refractivity contribution >= 4 is 22.7 Å². The summed E-state index contributed by atoms with van der Waals surface area (Å²) in [5.74, 6) is -1.24. The van der Waals surface area contributed by atoms with E-state index in [1.54, 1.807) is 6.07 Å². The molecule has 3 aromatic rings. The lowest BCUT2D eigenvalue weighted by Gasteiger charge is -2.50. The lowest BCUT2D eigenvalue weighted by Crippen LogP contribution is -2.49. The van der Waals surface area contributed by atoms with Crippen molar-refractivity contribution in [3.8, 4) is 5.75 Å². The van der Waals surface area contributed by atoms with Gasteiger partial charge in [0.05, 0.1) is 5.92 Å². The van der Waals surface area contributed by atoms with Gasteiger partial charge in [0, 0.05) is 17.7 Å². The van der Waals surface area contributed by atoms with Crippen LogP contribution in [-0.2, 0) is 9.59 Å². The quantitative estimate of drug-likeness (QED) is 0.461. The van der Waals surface area contributed by atoms with Crippen LogP contribution < -0.4 is 4.74 Å². The average Bonchev–Trinajstić information content (AvgIpc) is 2.72. The van der Waals surface area contributed by atoms with Gasteiger partial charge in [-0.05, 0) is 28.9 Å². The molecule has 1 saturated carbocycles. The maximum atomic E-state index is 12.8. The molecule has 1 N–H and O–H groups in total. The number of benzene rings is 3. The van der Waals surface area contributed by atoms with Gasteiger partial charge in [-0.2, -0.15) is 0 Å². The van der Waals surface area contributed by atoms with Crippen molar-refractivity contribution in [2.75, 3.05) is 0 Å². The van der Waals surface area contributed by atoms with Gasteiger partial charge in [0.15, 0.2) is 0 Å². The number of rotatable bonds is 6. The van der Waals surface area contributed by atoms with Gasteiger partial charge in [0.1, 0.15) is 5.75 Å². The summed E-state index contributed by atoms with van der Waals surface area (Å²) in [6.07, 6.45) is 0.942. The van der Waals surface area contributed by atoms with E-state index in [0.717, 1.165) is 22.8 Å². The van der Waals surface area contributed by atoms with Crippen LogP contribution in [0.5, 0.6) is 5.75 Å². The van der Waals surface area contributed by atoms with Crippen molar-refractivity contribution in [2.45, 2.75) is 25.7 Å². The number of fused-ring (bicyclic) bond motifs is 1. The zero-order valence-corrected chi connectivity index (χ0v) is 16.3. The molecule has 4 atom stereocenters. The third kappa shape index (κ3) is 3.63. The van der Waals surface area contributed by atoms with E-state index in [-0.39, 0.29) is 30.1 Å². The second-order valence-corrected chi connectivity index (χ2v) is 7.69. The second-order valence-electron chi connectivity index (χ2n) is 7.69. The predicted octanol–water partition coefficient (Wildman–Crippen LogP) is 5.28. The predicted molar refractivity (Wildman–Crippen MR) is 112 cm³/mol. The summed E-state index contributed by atoms with van der Waals surface area (Å²) in [6.45, 7) is 1.99. The fraction of sp³-hybridized carbons (Fsp3) is 0.280. The number of ether oxygens (including phenoxy) is 1. The highest BCUT2D eigenvalue weighted by molar-refractivity contribution is 5.90. The molecule has 3 aromatic carbocycles.